The molecule has 0 aromatic carbocycles. The Bertz CT molecular complexity index is 421. The number of nitrogens with zero attached hydrogens (tertiary/aromatic N) is 1. The third-order valence-electron chi connectivity index (χ3n) is 1.44. The second-order valence-corrected chi connectivity index (χ2v) is 4.60. The Kier molecular flexibility index (Phi) is 3.24. The van der Waals surface area contributed by atoms with Crippen molar-refractivity contribution >= 4 is 21.9 Å². The number of allylic oxidation sites excluding steroid dienone is 1. The smallest absolute Gasteiger partial charge is 0.230 e. The van der Waals surface area contributed by atoms with Crippen molar-refractivity contribution in [1.82, 2.24) is 4.98 Å². The van der Waals surface area contributed by atoms with E-state index >= 15 is 0 Å². The Hall–Kier alpha value is -1.36. The molecule has 1 aromatic rings. The third kappa shape index (κ3) is 3.57. The van der Waals surface area contributed by atoms with Crippen LogP contribution in [0.4, 0.5) is 5.82 Å². The van der Waals surface area contributed by atoms with E-state index < -0.39 is 10.0 Å². The zero-order valence-electron chi connectivity index (χ0n) is 8.06. The van der Waals surface area contributed by atoms with E-state index in [0.717, 1.165) is 11.8 Å². The highest BCUT2D eigenvalue weighted by Gasteiger charge is 2.01. The summed E-state index contributed by atoms with van der Waals surface area (Å²) in [5.41, 5.74) is 0.937. The van der Waals surface area contributed by atoms with E-state index in [0.29, 0.717) is 5.82 Å². The predicted molar refractivity (Wildman–Crippen MR) is 57.4 cm³/mol. The average Bonchev–Trinajstić information content (AvgIpc) is 2.06. The van der Waals surface area contributed by atoms with Crippen molar-refractivity contribution in [2.45, 2.75) is 6.92 Å². The van der Waals surface area contributed by atoms with Crippen molar-refractivity contribution in [3.8, 4) is 0 Å². The first-order valence-corrected chi connectivity index (χ1v) is 5.97. The molecule has 0 radical (unpaired) electrons. The summed E-state index contributed by atoms with van der Waals surface area (Å²) >= 11 is 0. The van der Waals surface area contributed by atoms with Gasteiger partial charge in [0, 0.05) is 6.20 Å². The van der Waals surface area contributed by atoms with Crippen molar-refractivity contribution in [3.05, 3.63) is 30.0 Å². The van der Waals surface area contributed by atoms with Crippen molar-refractivity contribution in [1.29, 1.82) is 0 Å². The molecule has 0 aliphatic heterocycles. The van der Waals surface area contributed by atoms with Gasteiger partial charge >= 0.3 is 0 Å². The highest BCUT2D eigenvalue weighted by molar-refractivity contribution is 7.92. The fraction of sp³-hybridized carbons (Fsp3) is 0.222. The molecular formula is C9H12N2O2S. The Morgan fingerprint density at radius 1 is 1.43 bits per heavy atom. The van der Waals surface area contributed by atoms with E-state index in [9.17, 15) is 8.42 Å². The Morgan fingerprint density at radius 2 is 2.14 bits per heavy atom. The number of rotatable bonds is 3. The molecule has 4 nitrogen and oxygen atoms in total. The molecule has 1 N–H and O–H groups in total. The van der Waals surface area contributed by atoms with Crippen LogP contribution in [0, 0.1) is 0 Å². The van der Waals surface area contributed by atoms with Crippen LogP contribution >= 0.6 is 0 Å². The third-order valence-corrected chi connectivity index (χ3v) is 2.02. The summed E-state index contributed by atoms with van der Waals surface area (Å²) in [6.07, 6.45) is 6.47. The summed E-state index contributed by atoms with van der Waals surface area (Å²) in [5.74, 6) is 0.334. The minimum atomic E-state index is -3.23. The molecule has 5 heteroatoms. The van der Waals surface area contributed by atoms with E-state index in [1.807, 2.05) is 19.1 Å². The maximum absolute atomic E-state index is 10.8. The van der Waals surface area contributed by atoms with Crippen molar-refractivity contribution in [3.63, 3.8) is 0 Å². The molecule has 14 heavy (non-hydrogen) atoms. The first-order valence-electron chi connectivity index (χ1n) is 4.08. The van der Waals surface area contributed by atoms with Crippen LogP contribution in [0.25, 0.3) is 6.08 Å². The molecule has 1 heterocycles. The average molecular weight is 212 g/mol. The minimum absolute atomic E-state index is 0.334. The van der Waals surface area contributed by atoms with Crippen LogP contribution in [0.15, 0.2) is 24.4 Å². The van der Waals surface area contributed by atoms with Gasteiger partial charge in [-0.1, -0.05) is 12.2 Å². The Labute approximate surface area is 83.7 Å². The first-order chi connectivity index (χ1) is 6.51. The van der Waals surface area contributed by atoms with Gasteiger partial charge in [0.15, 0.2) is 0 Å². The first kappa shape index (κ1) is 10.7. The Balaban J connectivity index is 2.84. The zero-order valence-corrected chi connectivity index (χ0v) is 8.88. The van der Waals surface area contributed by atoms with Gasteiger partial charge in [-0.15, -0.1) is 0 Å². The standard InChI is InChI=1S/C9H12N2O2S/c1-3-4-8-5-6-9(10-7-8)11-14(2,12)13/h3-7H,1-2H3,(H,10,11)/b4-3+. The van der Waals surface area contributed by atoms with Crippen molar-refractivity contribution < 1.29 is 8.42 Å². The van der Waals surface area contributed by atoms with Crippen LogP contribution in [0.2, 0.25) is 0 Å². The molecule has 0 atom stereocenters. The lowest BCUT2D eigenvalue weighted by Crippen LogP contribution is -2.10. The molecule has 0 fully saturated rings. The molecule has 1 rings (SSSR count). The highest BCUT2D eigenvalue weighted by atomic mass is 32.2. The highest BCUT2D eigenvalue weighted by Crippen LogP contribution is 2.07. The molecule has 0 bridgehead atoms. The number of hydrogen-bond donors (Lipinski definition) is 1. The largest absolute Gasteiger partial charge is 0.268 e. The van der Waals surface area contributed by atoms with Crippen LogP contribution in [0.1, 0.15) is 12.5 Å². The van der Waals surface area contributed by atoms with E-state index in [2.05, 4.69) is 9.71 Å². The fourth-order valence-corrected chi connectivity index (χ4v) is 1.45. The quantitative estimate of drug-likeness (QED) is 0.825. The SMILES string of the molecule is C/C=C/c1ccc(NS(C)(=O)=O)nc1. The van der Waals surface area contributed by atoms with Gasteiger partial charge in [0.2, 0.25) is 10.0 Å². The van der Waals surface area contributed by atoms with Crippen LogP contribution in [0.3, 0.4) is 0 Å². The lowest BCUT2D eigenvalue weighted by molar-refractivity contribution is 0.606. The zero-order chi connectivity index (χ0) is 10.6. The Morgan fingerprint density at radius 3 is 2.57 bits per heavy atom. The summed E-state index contributed by atoms with van der Waals surface area (Å²) in [7, 11) is -3.23. The number of sulfonamides is 1. The molecule has 0 aliphatic rings. The molecule has 0 unspecified atom stereocenters. The second-order valence-electron chi connectivity index (χ2n) is 2.85. The summed E-state index contributed by atoms with van der Waals surface area (Å²) < 4.78 is 24.0. The molecular weight excluding hydrogens is 200 g/mol. The van der Waals surface area contributed by atoms with Gasteiger partial charge in [0.25, 0.3) is 0 Å². The lowest BCUT2D eigenvalue weighted by atomic mass is 10.2. The minimum Gasteiger partial charge on any atom is -0.268 e. The second kappa shape index (κ2) is 4.23. The topological polar surface area (TPSA) is 59.1 Å². The fourth-order valence-electron chi connectivity index (χ4n) is 0.947. The molecule has 76 valence electrons. The van der Waals surface area contributed by atoms with Gasteiger partial charge in [-0.3, -0.25) is 4.72 Å². The van der Waals surface area contributed by atoms with E-state index in [1.54, 1.807) is 18.3 Å². The van der Waals surface area contributed by atoms with E-state index in [4.69, 9.17) is 0 Å². The van der Waals surface area contributed by atoms with E-state index in [-0.39, 0.29) is 0 Å². The number of nitrogens with one attached hydrogen (secondary N) is 1. The van der Waals surface area contributed by atoms with Gasteiger partial charge in [-0.25, -0.2) is 13.4 Å². The molecule has 0 spiro atoms. The summed E-state index contributed by atoms with van der Waals surface area (Å²) in [6, 6.07) is 3.41. The summed E-state index contributed by atoms with van der Waals surface area (Å²) in [5, 5.41) is 0. The van der Waals surface area contributed by atoms with Crippen LogP contribution in [-0.4, -0.2) is 19.7 Å². The van der Waals surface area contributed by atoms with Gasteiger partial charge in [0.05, 0.1) is 6.26 Å². The number of hydrogen-bond acceptors (Lipinski definition) is 3. The van der Waals surface area contributed by atoms with Crippen molar-refractivity contribution in [2.75, 3.05) is 11.0 Å². The monoisotopic (exact) mass is 212 g/mol. The maximum Gasteiger partial charge on any atom is 0.230 e. The number of anilines is 1. The predicted octanol–water partition coefficient (Wildman–Crippen LogP) is 1.49. The summed E-state index contributed by atoms with van der Waals surface area (Å²) in [6.45, 7) is 1.91. The summed E-state index contributed by atoms with van der Waals surface area (Å²) in [4.78, 5) is 3.94. The number of aromatic nitrogens is 1. The lowest BCUT2D eigenvalue weighted by Gasteiger charge is -2.01. The van der Waals surface area contributed by atoms with Gasteiger partial charge in [0.1, 0.15) is 5.82 Å². The van der Waals surface area contributed by atoms with Crippen LogP contribution in [-0.2, 0) is 10.0 Å². The normalized spacial score (nSPS) is 11.9. The number of pyridine rings is 1. The van der Waals surface area contributed by atoms with Crippen molar-refractivity contribution in [2.24, 2.45) is 0 Å². The molecule has 0 aliphatic carbocycles. The van der Waals surface area contributed by atoms with Gasteiger partial charge in [-0.05, 0) is 24.6 Å². The van der Waals surface area contributed by atoms with Crippen LogP contribution in [0.5, 0.6) is 0 Å². The molecule has 0 saturated carbocycles. The van der Waals surface area contributed by atoms with Gasteiger partial charge in [-0.2, -0.15) is 0 Å². The molecule has 1 aromatic heterocycles. The van der Waals surface area contributed by atoms with E-state index in [1.165, 1.54) is 0 Å². The molecule has 0 amide bonds. The molecule has 0 saturated heterocycles. The maximum atomic E-state index is 10.8. The van der Waals surface area contributed by atoms with Gasteiger partial charge < -0.3 is 0 Å². The van der Waals surface area contributed by atoms with Crippen LogP contribution < -0.4 is 4.72 Å².